The Bertz CT molecular complexity index is 1480. The monoisotopic (exact) mass is 449 g/mol. The molecule has 0 spiro atoms. The molecule has 3 aromatic carbocycles. The zero-order valence-electron chi connectivity index (χ0n) is 17.1. The zero-order valence-corrected chi connectivity index (χ0v) is 18.0. The second kappa shape index (κ2) is 8.05. The second-order valence-electron chi connectivity index (χ2n) is 7.08. The SMILES string of the molecule is COc1ccc2cc(S(=O)(=O)c3ccccc3)c(=Nc3ccc4c(c3)OCCO4)oc2c1. The normalized spacial score (nSPS) is 13.8. The van der Waals surface area contributed by atoms with Crippen LogP contribution in [0.4, 0.5) is 5.69 Å². The van der Waals surface area contributed by atoms with Gasteiger partial charge in [-0.3, -0.25) is 0 Å². The molecule has 0 fully saturated rings. The predicted octanol–water partition coefficient (Wildman–Crippen LogP) is 4.28. The van der Waals surface area contributed by atoms with Crippen molar-refractivity contribution in [3.05, 3.63) is 78.4 Å². The lowest BCUT2D eigenvalue weighted by Gasteiger charge is -2.18. The molecule has 1 aliphatic heterocycles. The third kappa shape index (κ3) is 3.69. The molecule has 0 saturated carbocycles. The lowest BCUT2D eigenvalue weighted by atomic mass is 10.2. The molecule has 7 nitrogen and oxygen atoms in total. The summed E-state index contributed by atoms with van der Waals surface area (Å²) in [5.41, 5.74) is 0.892. The van der Waals surface area contributed by atoms with Crippen molar-refractivity contribution >= 4 is 26.5 Å². The highest BCUT2D eigenvalue weighted by Crippen LogP contribution is 2.34. The minimum Gasteiger partial charge on any atom is -0.497 e. The second-order valence-corrected chi connectivity index (χ2v) is 8.99. The lowest BCUT2D eigenvalue weighted by Crippen LogP contribution is -2.16. The number of nitrogens with zero attached hydrogens (tertiary/aromatic N) is 1. The first-order chi connectivity index (χ1) is 15.5. The van der Waals surface area contributed by atoms with Crippen molar-refractivity contribution in [2.75, 3.05) is 20.3 Å². The summed E-state index contributed by atoms with van der Waals surface area (Å²) >= 11 is 0. The molecule has 0 amide bonds. The summed E-state index contributed by atoms with van der Waals surface area (Å²) in [4.78, 5) is 4.65. The van der Waals surface area contributed by atoms with Crippen LogP contribution < -0.4 is 19.8 Å². The first kappa shape index (κ1) is 20.1. The Morgan fingerprint density at radius 2 is 1.66 bits per heavy atom. The Balaban J connectivity index is 1.76. The van der Waals surface area contributed by atoms with Crippen molar-refractivity contribution in [3.8, 4) is 17.2 Å². The quantitative estimate of drug-likeness (QED) is 0.462. The number of benzene rings is 3. The van der Waals surface area contributed by atoms with Gasteiger partial charge in [0.05, 0.1) is 17.7 Å². The highest BCUT2D eigenvalue weighted by atomic mass is 32.2. The average Bonchev–Trinajstić information content (AvgIpc) is 2.83. The molecule has 2 heterocycles. The van der Waals surface area contributed by atoms with Crippen LogP contribution in [0.15, 0.2) is 92.0 Å². The van der Waals surface area contributed by atoms with Crippen LogP contribution in [0.2, 0.25) is 0 Å². The van der Waals surface area contributed by atoms with Crippen LogP contribution in [0.5, 0.6) is 17.2 Å². The van der Waals surface area contributed by atoms with Crippen LogP contribution >= 0.6 is 0 Å². The van der Waals surface area contributed by atoms with Crippen molar-refractivity contribution < 1.29 is 27.0 Å². The van der Waals surface area contributed by atoms with Gasteiger partial charge in [0.2, 0.25) is 15.4 Å². The molecule has 0 aliphatic carbocycles. The van der Waals surface area contributed by atoms with Crippen molar-refractivity contribution in [2.45, 2.75) is 9.79 Å². The van der Waals surface area contributed by atoms with Gasteiger partial charge >= 0.3 is 0 Å². The number of methoxy groups -OCH3 is 1. The Labute approximate surface area is 184 Å². The molecule has 4 aromatic rings. The van der Waals surface area contributed by atoms with Crippen LogP contribution in [0.3, 0.4) is 0 Å². The molecule has 0 bridgehead atoms. The van der Waals surface area contributed by atoms with Gasteiger partial charge in [0.15, 0.2) is 11.5 Å². The zero-order chi connectivity index (χ0) is 22.1. The first-order valence-corrected chi connectivity index (χ1v) is 11.4. The lowest BCUT2D eigenvalue weighted by molar-refractivity contribution is 0.171. The third-order valence-corrected chi connectivity index (χ3v) is 6.79. The van der Waals surface area contributed by atoms with Gasteiger partial charge in [0, 0.05) is 17.5 Å². The van der Waals surface area contributed by atoms with E-state index in [9.17, 15) is 8.42 Å². The molecule has 0 unspecified atom stereocenters. The number of rotatable bonds is 4. The number of hydrogen-bond donors (Lipinski definition) is 0. The van der Waals surface area contributed by atoms with E-state index in [1.54, 1.807) is 79.9 Å². The van der Waals surface area contributed by atoms with Crippen molar-refractivity contribution in [2.24, 2.45) is 4.99 Å². The Morgan fingerprint density at radius 1 is 0.875 bits per heavy atom. The first-order valence-electron chi connectivity index (χ1n) is 9.91. The number of hydrogen-bond acceptors (Lipinski definition) is 7. The van der Waals surface area contributed by atoms with Gasteiger partial charge in [-0.25, -0.2) is 13.4 Å². The summed E-state index contributed by atoms with van der Waals surface area (Å²) in [5, 5.41) is 0.612. The van der Waals surface area contributed by atoms with Crippen LogP contribution in [0.1, 0.15) is 0 Å². The molecule has 1 aliphatic rings. The Kier molecular flexibility index (Phi) is 5.07. The topological polar surface area (TPSA) is 87.3 Å². The van der Waals surface area contributed by atoms with Crippen molar-refractivity contribution in [1.82, 2.24) is 0 Å². The van der Waals surface area contributed by atoms with E-state index in [4.69, 9.17) is 18.6 Å². The van der Waals surface area contributed by atoms with Gasteiger partial charge in [-0.2, -0.15) is 0 Å². The molecule has 1 aromatic heterocycles. The fourth-order valence-electron chi connectivity index (χ4n) is 3.42. The molecule has 32 heavy (non-hydrogen) atoms. The van der Waals surface area contributed by atoms with Gasteiger partial charge in [-0.05, 0) is 42.5 Å². The molecule has 5 rings (SSSR count). The number of fused-ring (bicyclic) bond motifs is 2. The standard InChI is InChI=1S/C24H19NO6S/c1-28-18-9-7-16-13-23(32(26,27)19-5-3-2-4-6-19)24(31-21(16)15-18)25-17-8-10-20-22(14-17)30-12-11-29-20/h2-10,13-15H,11-12H2,1H3. The van der Waals surface area contributed by atoms with Crippen LogP contribution in [-0.4, -0.2) is 28.7 Å². The van der Waals surface area contributed by atoms with E-state index in [1.807, 2.05) is 0 Å². The minimum atomic E-state index is -3.89. The smallest absolute Gasteiger partial charge is 0.239 e. The average molecular weight is 449 g/mol. The van der Waals surface area contributed by atoms with E-state index in [-0.39, 0.29) is 15.3 Å². The molecular formula is C24H19NO6S. The van der Waals surface area contributed by atoms with Crippen LogP contribution in [-0.2, 0) is 9.84 Å². The maximum absolute atomic E-state index is 13.5. The summed E-state index contributed by atoms with van der Waals surface area (Å²) < 4.78 is 49.3. The molecule has 0 saturated heterocycles. The molecule has 0 atom stereocenters. The molecular weight excluding hydrogens is 430 g/mol. The van der Waals surface area contributed by atoms with Gasteiger partial charge in [0.25, 0.3) is 0 Å². The number of sulfone groups is 1. The van der Waals surface area contributed by atoms with E-state index in [1.165, 1.54) is 0 Å². The van der Waals surface area contributed by atoms with E-state index in [0.717, 1.165) is 0 Å². The predicted molar refractivity (Wildman–Crippen MR) is 117 cm³/mol. The van der Waals surface area contributed by atoms with Gasteiger partial charge in [0.1, 0.15) is 29.4 Å². The van der Waals surface area contributed by atoms with E-state index >= 15 is 0 Å². The highest BCUT2D eigenvalue weighted by Gasteiger charge is 2.22. The van der Waals surface area contributed by atoms with Gasteiger partial charge in [-0.1, -0.05) is 18.2 Å². The maximum atomic E-state index is 13.5. The fraction of sp³-hybridized carbons (Fsp3) is 0.125. The van der Waals surface area contributed by atoms with Gasteiger partial charge < -0.3 is 18.6 Å². The summed E-state index contributed by atoms with van der Waals surface area (Å²) in [6, 6.07) is 20.1. The summed E-state index contributed by atoms with van der Waals surface area (Å²) in [6.45, 7) is 0.912. The Morgan fingerprint density at radius 3 is 2.44 bits per heavy atom. The molecule has 0 N–H and O–H groups in total. The van der Waals surface area contributed by atoms with Crippen molar-refractivity contribution in [1.29, 1.82) is 0 Å². The number of ether oxygens (including phenoxy) is 3. The fourth-order valence-corrected chi connectivity index (χ4v) is 4.79. The van der Waals surface area contributed by atoms with Crippen LogP contribution in [0.25, 0.3) is 11.0 Å². The summed E-state index contributed by atoms with van der Waals surface area (Å²) in [7, 11) is -2.34. The Hall–Kier alpha value is -3.78. The minimum absolute atomic E-state index is 0.0312. The summed E-state index contributed by atoms with van der Waals surface area (Å²) in [5.74, 6) is 1.75. The molecule has 8 heteroatoms. The largest absolute Gasteiger partial charge is 0.497 e. The van der Waals surface area contributed by atoms with Crippen molar-refractivity contribution in [3.63, 3.8) is 0 Å². The van der Waals surface area contributed by atoms with Crippen LogP contribution in [0, 0.1) is 0 Å². The summed E-state index contributed by atoms with van der Waals surface area (Å²) in [6.07, 6.45) is 0. The van der Waals surface area contributed by atoms with E-state index in [0.29, 0.717) is 47.1 Å². The third-order valence-electron chi connectivity index (χ3n) is 5.02. The maximum Gasteiger partial charge on any atom is 0.239 e. The van der Waals surface area contributed by atoms with E-state index in [2.05, 4.69) is 4.99 Å². The van der Waals surface area contributed by atoms with E-state index < -0.39 is 9.84 Å². The highest BCUT2D eigenvalue weighted by molar-refractivity contribution is 7.91. The van der Waals surface area contributed by atoms with Gasteiger partial charge in [-0.15, -0.1) is 0 Å². The molecule has 162 valence electrons. The molecule has 0 radical (unpaired) electrons.